The molecule has 0 saturated heterocycles. The Kier molecular flexibility index (Phi) is 6.22. The number of rotatable bonds is 1. The number of hydrogen-bond acceptors (Lipinski definition) is 2. The molecular formula is C5H3F8O2P. The highest BCUT2D eigenvalue weighted by atomic mass is 31.2. The van der Waals surface area contributed by atoms with E-state index < -0.39 is 26.7 Å². The van der Waals surface area contributed by atoms with Gasteiger partial charge >= 0.3 is 26.7 Å². The summed E-state index contributed by atoms with van der Waals surface area (Å²) in [5, 5.41) is 7.69. The predicted octanol–water partition coefficient (Wildman–Crippen LogP) is 2.62. The average Bonchev–Trinajstić information content (AvgIpc) is 2.00. The number of halogens is 8. The van der Waals surface area contributed by atoms with E-state index in [1.807, 2.05) is 0 Å². The van der Waals surface area contributed by atoms with Crippen LogP contribution in [0, 0.1) is 12.3 Å². The Balaban J connectivity index is 0. The Bertz CT molecular complexity index is 251. The van der Waals surface area contributed by atoms with Crippen LogP contribution in [0.5, 0.6) is 0 Å². The standard InChI is InChI=1S/C5H2F6O.F2HOP/c1-2-3(6,7)4(8,12)5(9,10)11;1-4(2)3/h1,12H;3H. The van der Waals surface area contributed by atoms with Gasteiger partial charge in [-0.2, -0.15) is 34.7 Å². The molecule has 0 fully saturated rings. The molecule has 0 amide bonds. The molecule has 0 aliphatic rings. The molecule has 1 unspecified atom stereocenters. The molecule has 0 heterocycles. The van der Waals surface area contributed by atoms with Crippen molar-refractivity contribution in [2.75, 3.05) is 0 Å². The van der Waals surface area contributed by atoms with E-state index in [-0.39, 0.29) is 5.92 Å². The Labute approximate surface area is 84.9 Å². The van der Waals surface area contributed by atoms with Gasteiger partial charge in [0, 0.05) is 0 Å². The summed E-state index contributed by atoms with van der Waals surface area (Å²) in [6.07, 6.45) is -2.23. The van der Waals surface area contributed by atoms with E-state index in [2.05, 4.69) is 6.42 Å². The van der Waals surface area contributed by atoms with Gasteiger partial charge in [0.05, 0.1) is 0 Å². The fraction of sp³-hybridized carbons (Fsp3) is 0.600. The first-order valence-corrected chi connectivity index (χ1v) is 4.01. The summed E-state index contributed by atoms with van der Waals surface area (Å²) in [6, 6.07) is 0. The van der Waals surface area contributed by atoms with Crippen molar-refractivity contribution < 1.29 is 44.7 Å². The van der Waals surface area contributed by atoms with E-state index in [0.29, 0.717) is 0 Å². The lowest BCUT2D eigenvalue weighted by atomic mass is 10.1. The van der Waals surface area contributed by atoms with Crippen molar-refractivity contribution >= 4 is 8.77 Å². The molecule has 0 aliphatic carbocycles. The van der Waals surface area contributed by atoms with Gasteiger partial charge in [-0.05, 0) is 5.92 Å². The van der Waals surface area contributed by atoms with E-state index in [1.54, 1.807) is 0 Å². The van der Waals surface area contributed by atoms with E-state index in [9.17, 15) is 34.7 Å². The smallest absolute Gasteiger partial charge is 0.349 e. The highest BCUT2D eigenvalue weighted by Crippen LogP contribution is 2.42. The van der Waals surface area contributed by atoms with Crippen LogP contribution >= 0.6 is 8.77 Å². The summed E-state index contributed by atoms with van der Waals surface area (Å²) in [5.41, 5.74) is 0. The summed E-state index contributed by atoms with van der Waals surface area (Å²) in [7, 11) is -3.62. The van der Waals surface area contributed by atoms with Crippen LogP contribution in [0.2, 0.25) is 0 Å². The van der Waals surface area contributed by atoms with E-state index >= 15 is 0 Å². The Morgan fingerprint density at radius 1 is 1.00 bits per heavy atom. The van der Waals surface area contributed by atoms with Gasteiger partial charge in [-0.1, -0.05) is 0 Å². The monoisotopic (exact) mass is 278 g/mol. The zero-order chi connectivity index (χ0) is 13.8. The van der Waals surface area contributed by atoms with Gasteiger partial charge in [-0.15, -0.1) is 6.42 Å². The van der Waals surface area contributed by atoms with Crippen molar-refractivity contribution in [1.29, 1.82) is 0 Å². The van der Waals surface area contributed by atoms with Crippen LogP contribution in [-0.4, -0.2) is 28.0 Å². The van der Waals surface area contributed by atoms with Crippen LogP contribution in [0.4, 0.5) is 34.7 Å². The summed E-state index contributed by atoms with van der Waals surface area (Å²) in [6.45, 7) is 0. The number of terminal acetylenes is 1. The van der Waals surface area contributed by atoms with Gasteiger partial charge in [0.15, 0.2) is 0 Å². The lowest BCUT2D eigenvalue weighted by Crippen LogP contribution is -2.54. The summed E-state index contributed by atoms with van der Waals surface area (Å²) < 4.78 is 89.5. The number of hydrogen-bond donors (Lipinski definition) is 2. The highest BCUT2D eigenvalue weighted by Gasteiger charge is 2.70. The fourth-order valence-electron chi connectivity index (χ4n) is 0.274. The van der Waals surface area contributed by atoms with Gasteiger partial charge < -0.3 is 10.00 Å². The third-order valence-corrected chi connectivity index (χ3v) is 0.973. The minimum atomic E-state index is -6.12. The lowest BCUT2D eigenvalue weighted by Gasteiger charge is -2.26. The molecule has 96 valence electrons. The lowest BCUT2D eigenvalue weighted by molar-refractivity contribution is -0.371. The molecule has 0 radical (unpaired) electrons. The Morgan fingerprint density at radius 2 is 1.25 bits per heavy atom. The maximum Gasteiger partial charge on any atom is 0.455 e. The maximum atomic E-state index is 11.9. The molecular weight excluding hydrogens is 275 g/mol. The van der Waals surface area contributed by atoms with Crippen LogP contribution in [0.25, 0.3) is 0 Å². The van der Waals surface area contributed by atoms with Crippen LogP contribution in [0.1, 0.15) is 0 Å². The second-order valence-electron chi connectivity index (χ2n) is 2.05. The minimum absolute atomic E-state index is 0.210. The van der Waals surface area contributed by atoms with Crippen molar-refractivity contribution in [3.63, 3.8) is 0 Å². The summed E-state index contributed by atoms with van der Waals surface area (Å²) in [5.74, 6) is -10.8. The molecule has 11 heteroatoms. The topological polar surface area (TPSA) is 40.5 Å². The molecule has 2 nitrogen and oxygen atoms in total. The normalized spacial score (nSPS) is 15.9. The van der Waals surface area contributed by atoms with Crippen molar-refractivity contribution in [2.24, 2.45) is 0 Å². The van der Waals surface area contributed by atoms with Gasteiger partial charge in [-0.3, -0.25) is 0 Å². The molecule has 0 aromatic rings. The maximum absolute atomic E-state index is 11.9. The average molecular weight is 278 g/mol. The summed E-state index contributed by atoms with van der Waals surface area (Å²) in [4.78, 5) is 6.79. The minimum Gasteiger partial charge on any atom is -0.349 e. The van der Waals surface area contributed by atoms with Crippen LogP contribution in [0.15, 0.2) is 0 Å². The first-order chi connectivity index (χ1) is 6.79. The first-order valence-electron chi connectivity index (χ1n) is 2.93. The van der Waals surface area contributed by atoms with Gasteiger partial charge in [0.1, 0.15) is 0 Å². The molecule has 2 N–H and O–H groups in total. The van der Waals surface area contributed by atoms with Gasteiger partial charge in [0.2, 0.25) is 0 Å². The molecule has 0 spiro atoms. The second-order valence-corrected chi connectivity index (χ2v) is 2.48. The Hall–Kier alpha value is -0.650. The third kappa shape index (κ3) is 4.92. The van der Waals surface area contributed by atoms with E-state index in [0.717, 1.165) is 0 Å². The van der Waals surface area contributed by atoms with E-state index in [1.165, 1.54) is 0 Å². The number of alkyl halides is 6. The molecule has 0 aromatic carbocycles. The molecule has 0 bridgehead atoms. The van der Waals surface area contributed by atoms with Crippen molar-refractivity contribution in [3.05, 3.63) is 0 Å². The molecule has 1 atom stereocenters. The fourth-order valence-corrected chi connectivity index (χ4v) is 0.274. The van der Waals surface area contributed by atoms with Crippen LogP contribution < -0.4 is 0 Å². The van der Waals surface area contributed by atoms with Crippen molar-refractivity contribution in [3.8, 4) is 12.3 Å². The van der Waals surface area contributed by atoms with Crippen molar-refractivity contribution in [1.82, 2.24) is 0 Å². The van der Waals surface area contributed by atoms with Crippen LogP contribution in [0.3, 0.4) is 0 Å². The Morgan fingerprint density at radius 3 is 1.31 bits per heavy atom. The molecule has 0 aliphatic heterocycles. The first kappa shape index (κ1) is 17.7. The highest BCUT2D eigenvalue weighted by molar-refractivity contribution is 7.39. The molecule has 16 heavy (non-hydrogen) atoms. The second kappa shape index (κ2) is 5.61. The zero-order valence-electron chi connectivity index (χ0n) is 6.94. The molecule has 0 rings (SSSR count). The third-order valence-electron chi connectivity index (χ3n) is 0.973. The van der Waals surface area contributed by atoms with Gasteiger partial charge in [-0.25, -0.2) is 0 Å². The number of aliphatic hydroxyl groups is 1. The quantitative estimate of drug-likeness (QED) is 0.440. The largest absolute Gasteiger partial charge is 0.455 e. The zero-order valence-corrected chi connectivity index (χ0v) is 7.84. The molecule has 0 aromatic heterocycles. The van der Waals surface area contributed by atoms with E-state index in [4.69, 9.17) is 10.00 Å². The van der Waals surface area contributed by atoms with Gasteiger partial charge in [0.25, 0.3) is 0 Å². The van der Waals surface area contributed by atoms with Crippen LogP contribution in [-0.2, 0) is 0 Å². The SMILES string of the molecule is C#CC(F)(F)C(O)(F)C(F)(F)F.OP(F)F. The van der Waals surface area contributed by atoms with Crippen molar-refractivity contribution in [2.45, 2.75) is 18.0 Å². The summed E-state index contributed by atoms with van der Waals surface area (Å²) >= 11 is 0. The predicted molar refractivity (Wildman–Crippen MR) is 37.2 cm³/mol. The molecule has 0 saturated carbocycles.